The highest BCUT2D eigenvalue weighted by atomic mass is 19.4. The molecule has 1 aromatic carbocycles. The lowest BCUT2D eigenvalue weighted by atomic mass is 10.0. The summed E-state index contributed by atoms with van der Waals surface area (Å²) in [5.74, 6) is -0.504. The summed E-state index contributed by atoms with van der Waals surface area (Å²) in [4.78, 5) is 29.4. The Morgan fingerprint density at radius 1 is 1.14 bits per heavy atom. The van der Waals surface area contributed by atoms with Crippen LogP contribution in [0.4, 0.5) is 36.3 Å². The van der Waals surface area contributed by atoms with Crippen molar-refractivity contribution in [1.82, 2.24) is 24.4 Å². The number of ether oxygens (including phenoxy) is 1. The van der Waals surface area contributed by atoms with Crippen molar-refractivity contribution < 1.29 is 22.7 Å². The number of hydrogen-bond donors (Lipinski definition) is 2. The van der Waals surface area contributed by atoms with Crippen LogP contribution < -0.4 is 20.3 Å². The van der Waals surface area contributed by atoms with E-state index < -0.39 is 18.7 Å². The predicted molar refractivity (Wildman–Crippen MR) is 168 cm³/mol. The zero-order valence-electron chi connectivity index (χ0n) is 25.5. The van der Waals surface area contributed by atoms with Gasteiger partial charge in [-0.3, -0.25) is 4.79 Å². The van der Waals surface area contributed by atoms with E-state index in [0.717, 1.165) is 35.4 Å². The summed E-state index contributed by atoms with van der Waals surface area (Å²) in [6.07, 6.45) is 1.92. The number of fused-ring (bicyclic) bond motifs is 1. The van der Waals surface area contributed by atoms with Crippen LogP contribution in [0.25, 0.3) is 22.2 Å². The average molecular weight is 611 g/mol. The van der Waals surface area contributed by atoms with E-state index >= 15 is 0 Å². The van der Waals surface area contributed by atoms with Crippen LogP contribution in [-0.2, 0) is 18.3 Å². The first-order valence-electron chi connectivity index (χ1n) is 14.1. The fourth-order valence-corrected chi connectivity index (χ4v) is 4.74. The molecular formula is C31H37F3N8O2. The molecule has 0 spiro atoms. The van der Waals surface area contributed by atoms with Gasteiger partial charge in [0.15, 0.2) is 12.4 Å². The van der Waals surface area contributed by atoms with Crippen LogP contribution in [0.5, 0.6) is 5.88 Å². The van der Waals surface area contributed by atoms with Crippen molar-refractivity contribution in [2.24, 2.45) is 7.05 Å². The van der Waals surface area contributed by atoms with Gasteiger partial charge >= 0.3 is 6.18 Å². The number of carbonyl (C=O) groups excluding carboxylic acids is 1. The normalized spacial score (nSPS) is 11.6. The van der Waals surface area contributed by atoms with Gasteiger partial charge in [0.2, 0.25) is 17.7 Å². The molecule has 3 aromatic heterocycles. The molecule has 0 unspecified atom stereocenters. The number of amides is 1. The molecule has 2 N–H and O–H groups in total. The van der Waals surface area contributed by atoms with E-state index in [4.69, 9.17) is 9.72 Å². The highest BCUT2D eigenvalue weighted by Gasteiger charge is 2.30. The first-order valence-corrected chi connectivity index (χ1v) is 14.1. The van der Waals surface area contributed by atoms with Crippen LogP contribution in [0.1, 0.15) is 18.9 Å². The molecule has 13 heteroatoms. The zero-order valence-corrected chi connectivity index (χ0v) is 25.5. The molecule has 44 heavy (non-hydrogen) atoms. The minimum atomic E-state index is -4.60. The van der Waals surface area contributed by atoms with E-state index in [-0.39, 0.29) is 29.0 Å². The van der Waals surface area contributed by atoms with Gasteiger partial charge in [-0.15, -0.1) is 0 Å². The Morgan fingerprint density at radius 3 is 2.59 bits per heavy atom. The maximum absolute atomic E-state index is 13.2. The number of nitrogens with zero attached hydrogens (tertiary/aromatic N) is 6. The van der Waals surface area contributed by atoms with Crippen LogP contribution >= 0.6 is 0 Å². The Balaban J connectivity index is 1.79. The molecule has 0 atom stereocenters. The highest BCUT2D eigenvalue weighted by molar-refractivity contribution is 6.01. The number of aromatic nitrogens is 4. The van der Waals surface area contributed by atoms with Crippen LogP contribution in [0.3, 0.4) is 0 Å². The third-order valence-electron chi connectivity index (χ3n) is 6.83. The van der Waals surface area contributed by atoms with E-state index in [1.807, 2.05) is 48.9 Å². The summed E-state index contributed by atoms with van der Waals surface area (Å²) >= 11 is 0. The van der Waals surface area contributed by atoms with E-state index in [9.17, 15) is 18.0 Å². The van der Waals surface area contributed by atoms with Crippen molar-refractivity contribution in [2.45, 2.75) is 25.9 Å². The van der Waals surface area contributed by atoms with E-state index in [2.05, 4.69) is 40.2 Å². The van der Waals surface area contributed by atoms with Gasteiger partial charge < -0.3 is 29.7 Å². The fraction of sp³-hybridized carbons (Fsp3) is 0.355. The van der Waals surface area contributed by atoms with Crippen molar-refractivity contribution in [2.75, 3.05) is 56.4 Å². The molecule has 4 rings (SSSR count). The topological polar surface area (TPSA) is 100 Å². The second-order valence-electron chi connectivity index (χ2n) is 10.6. The zero-order chi connectivity index (χ0) is 32.0. The second kappa shape index (κ2) is 13.8. The lowest BCUT2D eigenvalue weighted by Crippen LogP contribution is -2.30. The summed E-state index contributed by atoms with van der Waals surface area (Å²) in [5, 5.41) is 6.75. The van der Waals surface area contributed by atoms with Gasteiger partial charge in [-0.2, -0.15) is 18.2 Å². The average Bonchev–Trinajstić information content (AvgIpc) is 3.32. The molecule has 0 saturated carbocycles. The number of anilines is 4. The summed E-state index contributed by atoms with van der Waals surface area (Å²) in [7, 11) is 7.47. The molecule has 0 saturated heterocycles. The SMILES string of the molecule is C=CC(=O)Nc1cc(Nc2nccc(-c3cn(C)c4cccc(CCC)c34)n2)c(OCC(F)(F)F)nc1N(C)CCN(C)C. The summed E-state index contributed by atoms with van der Waals surface area (Å²) < 4.78 is 46.9. The van der Waals surface area contributed by atoms with E-state index in [1.54, 1.807) is 24.2 Å². The van der Waals surface area contributed by atoms with Crippen LogP contribution in [0.2, 0.25) is 0 Å². The molecule has 0 fully saturated rings. The number of pyridine rings is 1. The molecule has 10 nitrogen and oxygen atoms in total. The maximum atomic E-state index is 13.2. The van der Waals surface area contributed by atoms with Gasteiger partial charge in [-0.05, 0) is 50.4 Å². The van der Waals surface area contributed by atoms with Crippen molar-refractivity contribution in [1.29, 1.82) is 0 Å². The Hall–Kier alpha value is -4.65. The molecular weight excluding hydrogens is 573 g/mol. The number of carbonyl (C=O) groups is 1. The number of rotatable bonds is 13. The molecule has 234 valence electrons. The number of benzene rings is 1. The fourth-order valence-electron chi connectivity index (χ4n) is 4.74. The molecule has 0 aliphatic carbocycles. The predicted octanol–water partition coefficient (Wildman–Crippen LogP) is 5.79. The van der Waals surface area contributed by atoms with Gasteiger partial charge in [0, 0.05) is 56.0 Å². The number of aryl methyl sites for hydroxylation is 2. The summed E-state index contributed by atoms with van der Waals surface area (Å²) in [5.41, 5.74) is 4.07. The number of nitrogens with one attached hydrogen (secondary N) is 2. The Bertz CT molecular complexity index is 1630. The number of alkyl halides is 3. The van der Waals surface area contributed by atoms with Crippen molar-refractivity contribution in [3.05, 3.63) is 60.9 Å². The van der Waals surface area contributed by atoms with Crippen molar-refractivity contribution >= 4 is 40.0 Å². The lowest BCUT2D eigenvalue weighted by Gasteiger charge is -2.25. The minimum absolute atomic E-state index is 0.0418. The molecule has 4 aromatic rings. The number of halogens is 3. The Kier molecular flexibility index (Phi) is 10.1. The first-order chi connectivity index (χ1) is 20.9. The third kappa shape index (κ3) is 7.84. The molecule has 0 aliphatic rings. The molecule has 3 heterocycles. The number of likely N-dealkylation sites (N-methyl/N-ethyl adjacent to an activating group) is 2. The van der Waals surface area contributed by atoms with Crippen molar-refractivity contribution in [3.63, 3.8) is 0 Å². The molecule has 1 amide bonds. The van der Waals surface area contributed by atoms with Crippen LogP contribution in [0.15, 0.2) is 55.4 Å². The Labute approximate surface area is 254 Å². The highest BCUT2D eigenvalue weighted by Crippen LogP contribution is 2.37. The largest absolute Gasteiger partial charge is 0.466 e. The van der Waals surface area contributed by atoms with Gasteiger partial charge in [-0.25, -0.2) is 9.97 Å². The monoisotopic (exact) mass is 610 g/mol. The summed E-state index contributed by atoms with van der Waals surface area (Å²) in [6.45, 7) is 5.15. The van der Waals surface area contributed by atoms with Gasteiger partial charge in [-0.1, -0.05) is 32.1 Å². The molecule has 0 aliphatic heterocycles. The maximum Gasteiger partial charge on any atom is 0.422 e. The second-order valence-corrected chi connectivity index (χ2v) is 10.6. The van der Waals surface area contributed by atoms with Crippen molar-refractivity contribution in [3.8, 4) is 17.1 Å². The smallest absolute Gasteiger partial charge is 0.422 e. The third-order valence-corrected chi connectivity index (χ3v) is 6.83. The van der Waals surface area contributed by atoms with Gasteiger partial charge in [0.25, 0.3) is 0 Å². The first kappa shape index (κ1) is 32.3. The minimum Gasteiger partial charge on any atom is -0.466 e. The van der Waals surface area contributed by atoms with E-state index in [0.29, 0.717) is 18.8 Å². The lowest BCUT2D eigenvalue weighted by molar-refractivity contribution is -0.153. The van der Waals surface area contributed by atoms with Gasteiger partial charge in [0.05, 0.1) is 11.4 Å². The number of hydrogen-bond acceptors (Lipinski definition) is 8. The Morgan fingerprint density at radius 2 is 1.91 bits per heavy atom. The van der Waals surface area contributed by atoms with Crippen LogP contribution in [0, 0.1) is 0 Å². The van der Waals surface area contributed by atoms with Crippen LogP contribution in [-0.4, -0.2) is 77.3 Å². The van der Waals surface area contributed by atoms with Gasteiger partial charge in [0.1, 0.15) is 5.69 Å². The quantitative estimate of drug-likeness (QED) is 0.184. The van der Waals surface area contributed by atoms with E-state index in [1.165, 1.54) is 11.6 Å². The standard InChI is InChI=1S/C31H37F3N8O2/c1-7-10-20-11-9-12-25-27(20)21(18-42(25)6)22-13-14-35-30(37-22)38-24-17-23(36-26(43)8-2)28(41(5)16-15-40(3)4)39-29(24)44-19-31(32,33)34/h8-9,11-14,17-18H,2,7,10,15-16,19H2,1,3-6H3,(H,36,43)(H,35,37,38). The summed E-state index contributed by atoms with van der Waals surface area (Å²) in [6, 6.07) is 9.41. The molecule has 0 bridgehead atoms. The molecule has 0 radical (unpaired) electrons.